The van der Waals surface area contributed by atoms with E-state index in [4.69, 9.17) is 19.9 Å². The summed E-state index contributed by atoms with van der Waals surface area (Å²) in [4.78, 5) is 36.1. The molecule has 0 bridgehead atoms. The smallest absolute Gasteiger partial charge is 0.411 e. The van der Waals surface area contributed by atoms with E-state index in [1.54, 1.807) is 66.7 Å². The summed E-state index contributed by atoms with van der Waals surface area (Å²) < 4.78 is 15.5. The molecule has 9 nitrogen and oxygen atoms in total. The summed E-state index contributed by atoms with van der Waals surface area (Å²) >= 11 is 0. The van der Waals surface area contributed by atoms with Crippen LogP contribution in [0, 0.1) is 0 Å². The molecule has 0 aliphatic heterocycles. The summed E-state index contributed by atoms with van der Waals surface area (Å²) in [5.41, 5.74) is 7.78. The zero-order valence-electron chi connectivity index (χ0n) is 18.6. The highest BCUT2D eigenvalue weighted by atomic mass is 16.6. The monoisotopic (exact) mass is 463 g/mol. The van der Waals surface area contributed by atoms with Crippen molar-refractivity contribution in [2.24, 2.45) is 5.73 Å². The predicted molar refractivity (Wildman–Crippen MR) is 127 cm³/mol. The molecule has 0 aliphatic rings. The van der Waals surface area contributed by atoms with Crippen molar-refractivity contribution in [1.29, 1.82) is 0 Å². The highest BCUT2D eigenvalue weighted by Gasteiger charge is 2.11. The van der Waals surface area contributed by atoms with Crippen LogP contribution < -0.4 is 21.1 Å². The molecule has 0 spiro atoms. The minimum absolute atomic E-state index is 0.132. The van der Waals surface area contributed by atoms with Gasteiger partial charge in [-0.25, -0.2) is 4.79 Å². The van der Waals surface area contributed by atoms with Gasteiger partial charge in [0.25, 0.3) is 11.8 Å². The summed E-state index contributed by atoms with van der Waals surface area (Å²) in [6.07, 6.45) is -0.619. The van der Waals surface area contributed by atoms with Crippen molar-refractivity contribution >= 4 is 29.3 Å². The van der Waals surface area contributed by atoms with Crippen LogP contribution >= 0.6 is 0 Å². The molecule has 0 unspecified atom stereocenters. The van der Waals surface area contributed by atoms with Gasteiger partial charge in [0.2, 0.25) is 0 Å². The first-order valence-electron chi connectivity index (χ1n) is 10.4. The van der Waals surface area contributed by atoms with Gasteiger partial charge in [0.15, 0.2) is 0 Å². The van der Waals surface area contributed by atoms with Crippen LogP contribution in [0.5, 0.6) is 5.75 Å². The molecule has 4 N–H and O–H groups in total. The van der Waals surface area contributed by atoms with Crippen molar-refractivity contribution in [3.63, 3.8) is 0 Å². The number of nitrogens with one attached hydrogen (secondary N) is 2. The number of hydrogen-bond donors (Lipinski definition) is 3. The number of primary amides is 1. The molecule has 0 heterocycles. The van der Waals surface area contributed by atoms with Crippen molar-refractivity contribution in [1.82, 2.24) is 0 Å². The summed E-state index contributed by atoms with van der Waals surface area (Å²) in [5, 5.41) is 5.39. The topological polar surface area (TPSA) is 129 Å². The van der Waals surface area contributed by atoms with E-state index >= 15 is 0 Å². The van der Waals surface area contributed by atoms with Crippen LogP contribution in [0.1, 0.15) is 26.3 Å². The Hall–Kier alpha value is -4.37. The number of hydrogen-bond acceptors (Lipinski definition) is 6. The predicted octanol–water partition coefficient (Wildman–Crippen LogP) is 3.81. The highest BCUT2D eigenvalue weighted by molar-refractivity contribution is 6.04. The number of para-hydroxylation sites is 1. The number of benzene rings is 3. The Kier molecular flexibility index (Phi) is 8.59. The van der Waals surface area contributed by atoms with Crippen LogP contribution in [0.15, 0.2) is 72.8 Å². The van der Waals surface area contributed by atoms with E-state index in [2.05, 4.69) is 10.6 Å². The number of amides is 3. The summed E-state index contributed by atoms with van der Waals surface area (Å²) in [5.74, 6) is -0.544. The first-order chi connectivity index (χ1) is 16.5. The Morgan fingerprint density at radius 2 is 1.59 bits per heavy atom. The van der Waals surface area contributed by atoms with Gasteiger partial charge in [0, 0.05) is 24.0 Å². The minimum atomic E-state index is -0.619. The summed E-state index contributed by atoms with van der Waals surface area (Å²) in [7, 11) is 1.51. The van der Waals surface area contributed by atoms with E-state index in [0.29, 0.717) is 29.3 Å². The Labute approximate surface area is 196 Å². The first-order valence-corrected chi connectivity index (χ1v) is 10.4. The van der Waals surface area contributed by atoms with Gasteiger partial charge in [-0.15, -0.1) is 0 Å². The fraction of sp³-hybridized carbons (Fsp3) is 0.160. The van der Waals surface area contributed by atoms with E-state index in [1.807, 2.05) is 6.07 Å². The molecule has 3 amide bonds. The minimum Gasteiger partial charge on any atom is -0.488 e. The standard InChI is InChI=1S/C25H25N3O6/c1-32-12-13-33-25(31)28-20-9-5-8-19(15-20)27-24(30)18-7-4-6-17(14-18)16-34-22-11-3-2-10-21(22)23(26)29/h2-11,14-15H,12-13,16H2,1H3,(H2,26,29)(H,27,30)(H,28,31). The number of methoxy groups -OCH3 is 1. The van der Waals surface area contributed by atoms with E-state index in [9.17, 15) is 14.4 Å². The number of rotatable bonds is 10. The Morgan fingerprint density at radius 1 is 0.853 bits per heavy atom. The summed E-state index contributed by atoms with van der Waals surface area (Å²) in [6.45, 7) is 0.578. The van der Waals surface area contributed by atoms with E-state index in [-0.39, 0.29) is 24.7 Å². The number of carbonyl (C=O) groups is 3. The van der Waals surface area contributed by atoms with Gasteiger partial charge in [0.05, 0.1) is 12.2 Å². The largest absolute Gasteiger partial charge is 0.488 e. The van der Waals surface area contributed by atoms with Crippen LogP contribution in [0.25, 0.3) is 0 Å². The maximum Gasteiger partial charge on any atom is 0.411 e. The maximum absolute atomic E-state index is 12.8. The maximum atomic E-state index is 12.8. The van der Waals surface area contributed by atoms with Crippen molar-refractivity contribution in [3.05, 3.63) is 89.5 Å². The third-order valence-corrected chi connectivity index (χ3v) is 4.62. The highest BCUT2D eigenvalue weighted by Crippen LogP contribution is 2.20. The molecule has 0 atom stereocenters. The lowest BCUT2D eigenvalue weighted by molar-refractivity contribution is 0.0993. The third-order valence-electron chi connectivity index (χ3n) is 4.62. The molecule has 0 aromatic heterocycles. The normalized spacial score (nSPS) is 10.3. The van der Waals surface area contributed by atoms with Crippen molar-refractivity contribution < 1.29 is 28.6 Å². The van der Waals surface area contributed by atoms with Crippen LogP contribution in [-0.2, 0) is 16.1 Å². The molecule has 3 rings (SSSR count). The molecule has 3 aromatic rings. The summed E-state index contributed by atoms with van der Waals surface area (Å²) in [6, 6.07) is 20.3. The van der Waals surface area contributed by atoms with Crippen molar-refractivity contribution in [2.75, 3.05) is 31.0 Å². The fourth-order valence-electron chi connectivity index (χ4n) is 3.01. The molecule has 0 radical (unpaired) electrons. The molecular formula is C25H25N3O6. The van der Waals surface area contributed by atoms with Crippen LogP contribution in [0.3, 0.4) is 0 Å². The molecule has 3 aromatic carbocycles. The van der Waals surface area contributed by atoms with Crippen molar-refractivity contribution in [3.8, 4) is 5.75 Å². The van der Waals surface area contributed by atoms with E-state index < -0.39 is 12.0 Å². The zero-order chi connectivity index (χ0) is 24.3. The average molecular weight is 463 g/mol. The van der Waals surface area contributed by atoms with Crippen molar-refractivity contribution in [2.45, 2.75) is 6.61 Å². The second kappa shape index (κ2) is 12.0. The number of ether oxygens (including phenoxy) is 3. The molecule has 34 heavy (non-hydrogen) atoms. The van der Waals surface area contributed by atoms with Crippen LogP contribution in [0.4, 0.5) is 16.2 Å². The number of anilines is 2. The lowest BCUT2D eigenvalue weighted by Gasteiger charge is -2.11. The van der Waals surface area contributed by atoms with Gasteiger partial charge >= 0.3 is 6.09 Å². The number of nitrogens with two attached hydrogens (primary N) is 1. The number of carbonyl (C=O) groups excluding carboxylic acids is 3. The van der Waals surface area contributed by atoms with Gasteiger partial charge < -0.3 is 25.3 Å². The van der Waals surface area contributed by atoms with Gasteiger partial charge in [-0.3, -0.25) is 14.9 Å². The Balaban J connectivity index is 1.61. The van der Waals surface area contributed by atoms with Crippen LogP contribution in [0.2, 0.25) is 0 Å². The molecule has 0 saturated heterocycles. The molecular weight excluding hydrogens is 438 g/mol. The average Bonchev–Trinajstić information content (AvgIpc) is 2.83. The molecule has 0 fully saturated rings. The lowest BCUT2D eigenvalue weighted by Crippen LogP contribution is -2.17. The molecule has 176 valence electrons. The fourth-order valence-corrected chi connectivity index (χ4v) is 3.01. The Morgan fingerprint density at radius 3 is 2.35 bits per heavy atom. The SMILES string of the molecule is COCCOC(=O)Nc1cccc(NC(=O)c2cccc(COc3ccccc3C(N)=O)c2)c1. The quantitative estimate of drug-likeness (QED) is 0.392. The van der Waals surface area contributed by atoms with Gasteiger partial charge in [-0.05, 0) is 48.0 Å². The second-order valence-electron chi connectivity index (χ2n) is 7.14. The van der Waals surface area contributed by atoms with Crippen LogP contribution in [-0.4, -0.2) is 38.2 Å². The van der Waals surface area contributed by atoms with E-state index in [1.165, 1.54) is 7.11 Å². The van der Waals surface area contributed by atoms with E-state index in [0.717, 1.165) is 5.56 Å². The first kappa shape index (κ1) is 24.3. The molecule has 0 saturated carbocycles. The third kappa shape index (κ3) is 7.07. The molecule has 0 aliphatic carbocycles. The Bertz CT molecular complexity index is 1160. The zero-order valence-corrected chi connectivity index (χ0v) is 18.6. The molecule has 9 heteroatoms. The lowest BCUT2D eigenvalue weighted by atomic mass is 10.1. The second-order valence-corrected chi connectivity index (χ2v) is 7.14. The van der Waals surface area contributed by atoms with Gasteiger partial charge in [-0.1, -0.05) is 30.3 Å². The van der Waals surface area contributed by atoms with Gasteiger partial charge in [-0.2, -0.15) is 0 Å². The van der Waals surface area contributed by atoms with Gasteiger partial charge in [0.1, 0.15) is 19.0 Å².